The molecule has 1 saturated heterocycles. The van der Waals surface area contributed by atoms with Crippen LogP contribution < -0.4 is 5.73 Å². The Balaban J connectivity index is 2.02. The molecule has 2 unspecified atom stereocenters. The monoisotopic (exact) mass is 287 g/mol. The molecule has 2 atom stereocenters. The zero-order valence-electron chi connectivity index (χ0n) is 10.6. The minimum Gasteiger partial charge on any atom is -0.398 e. The van der Waals surface area contributed by atoms with Crippen LogP contribution in [0.3, 0.4) is 0 Å². The van der Waals surface area contributed by atoms with E-state index in [9.17, 15) is 4.21 Å². The molecule has 0 saturated carbocycles. The van der Waals surface area contributed by atoms with E-state index < -0.39 is 10.8 Å². The molecule has 0 bridgehead atoms. The largest absolute Gasteiger partial charge is 0.398 e. The van der Waals surface area contributed by atoms with E-state index >= 15 is 0 Å². The lowest BCUT2D eigenvalue weighted by Gasteiger charge is -2.19. The highest BCUT2D eigenvalue weighted by Crippen LogP contribution is 2.30. The number of hydrogen-bond acceptors (Lipinski definition) is 3. The van der Waals surface area contributed by atoms with Crippen LogP contribution in [0.25, 0.3) is 0 Å². The Morgan fingerprint density at radius 2 is 2.28 bits per heavy atom. The lowest BCUT2D eigenvalue weighted by Crippen LogP contribution is -2.23. The van der Waals surface area contributed by atoms with Gasteiger partial charge in [0.05, 0.1) is 39.0 Å². The summed E-state index contributed by atoms with van der Waals surface area (Å²) >= 11 is 5.93. The van der Waals surface area contributed by atoms with Crippen LogP contribution >= 0.6 is 11.6 Å². The number of nitrogens with two attached hydrogens (primary N) is 1. The van der Waals surface area contributed by atoms with Crippen molar-refractivity contribution in [3.05, 3.63) is 23.2 Å². The van der Waals surface area contributed by atoms with E-state index in [-0.39, 0.29) is 11.7 Å². The van der Waals surface area contributed by atoms with Gasteiger partial charge < -0.3 is 10.5 Å². The van der Waals surface area contributed by atoms with Gasteiger partial charge in [0.25, 0.3) is 0 Å². The number of halogens is 1. The lowest BCUT2D eigenvalue weighted by atomic mass is 10.1. The average Bonchev–Trinajstić information content (AvgIpc) is 2.62. The molecule has 1 aliphatic heterocycles. The highest BCUT2D eigenvalue weighted by molar-refractivity contribution is 7.85. The first-order valence-electron chi connectivity index (χ1n) is 5.99. The molecule has 0 aromatic heterocycles. The molecule has 2 N–H and O–H groups in total. The smallest absolute Gasteiger partial charge is 0.0702 e. The summed E-state index contributed by atoms with van der Waals surface area (Å²) in [6, 6.07) is 5.12. The Morgan fingerprint density at radius 1 is 1.56 bits per heavy atom. The molecule has 0 radical (unpaired) electrons. The second-order valence-electron chi connectivity index (χ2n) is 5.23. The maximum Gasteiger partial charge on any atom is 0.0702 e. The highest BCUT2D eigenvalue weighted by Gasteiger charge is 2.32. The molecule has 1 heterocycles. The minimum absolute atomic E-state index is 0.0668. The Kier molecular flexibility index (Phi) is 3.99. The standard InChI is InChI=1S/C13H18ClNO2S/c1-13(2)6-5-9(17-13)8-18(16)10-3-4-12(15)11(14)7-10/h3-4,7,9H,5-6,8,15H2,1-2H3. The van der Waals surface area contributed by atoms with Crippen LogP contribution in [0.5, 0.6) is 0 Å². The van der Waals surface area contributed by atoms with Gasteiger partial charge in [-0.3, -0.25) is 4.21 Å². The first-order chi connectivity index (χ1) is 8.37. The van der Waals surface area contributed by atoms with Crippen LogP contribution in [0.4, 0.5) is 5.69 Å². The fraction of sp³-hybridized carbons (Fsp3) is 0.538. The van der Waals surface area contributed by atoms with E-state index in [1.54, 1.807) is 18.2 Å². The third kappa shape index (κ3) is 3.25. The van der Waals surface area contributed by atoms with Crippen molar-refractivity contribution in [2.45, 2.75) is 43.3 Å². The van der Waals surface area contributed by atoms with Crippen molar-refractivity contribution in [2.75, 3.05) is 11.5 Å². The molecule has 1 fully saturated rings. The number of hydrogen-bond donors (Lipinski definition) is 1. The fourth-order valence-corrected chi connectivity index (χ4v) is 3.59. The van der Waals surface area contributed by atoms with Gasteiger partial charge in [-0.2, -0.15) is 0 Å². The Bertz CT molecular complexity index is 476. The average molecular weight is 288 g/mol. The van der Waals surface area contributed by atoms with Gasteiger partial charge in [-0.15, -0.1) is 0 Å². The van der Waals surface area contributed by atoms with Crippen molar-refractivity contribution in [1.29, 1.82) is 0 Å². The number of benzene rings is 1. The van der Waals surface area contributed by atoms with Crippen molar-refractivity contribution in [3.8, 4) is 0 Å². The summed E-state index contributed by atoms with van der Waals surface area (Å²) in [6.07, 6.45) is 2.04. The number of anilines is 1. The summed E-state index contributed by atoms with van der Waals surface area (Å²) in [7, 11) is -1.09. The maximum atomic E-state index is 12.2. The molecule has 5 heteroatoms. The molecule has 0 spiro atoms. The van der Waals surface area contributed by atoms with Crippen molar-refractivity contribution in [3.63, 3.8) is 0 Å². The Labute approximate surface area is 115 Å². The van der Waals surface area contributed by atoms with Gasteiger partial charge in [0, 0.05) is 4.90 Å². The SMILES string of the molecule is CC1(C)CCC(CS(=O)c2ccc(N)c(Cl)c2)O1. The molecule has 0 aliphatic carbocycles. The predicted octanol–water partition coefficient (Wildman–Crippen LogP) is 2.99. The molecule has 1 aromatic rings. The summed E-state index contributed by atoms with van der Waals surface area (Å²) in [5.41, 5.74) is 6.05. The van der Waals surface area contributed by atoms with Crippen LogP contribution in [0.1, 0.15) is 26.7 Å². The van der Waals surface area contributed by atoms with E-state index in [2.05, 4.69) is 13.8 Å². The van der Waals surface area contributed by atoms with Gasteiger partial charge in [0.1, 0.15) is 0 Å². The van der Waals surface area contributed by atoms with Crippen molar-refractivity contribution < 1.29 is 8.95 Å². The van der Waals surface area contributed by atoms with Crippen LogP contribution in [0, 0.1) is 0 Å². The molecule has 2 rings (SSSR count). The summed E-state index contributed by atoms with van der Waals surface area (Å²) in [4.78, 5) is 0.711. The molecule has 100 valence electrons. The van der Waals surface area contributed by atoms with E-state index in [0.29, 0.717) is 21.4 Å². The fourth-order valence-electron chi connectivity index (χ4n) is 2.11. The Hall–Kier alpha value is -0.580. The predicted molar refractivity (Wildman–Crippen MR) is 75.3 cm³/mol. The number of ether oxygens (including phenoxy) is 1. The molecule has 1 aromatic carbocycles. The first-order valence-corrected chi connectivity index (χ1v) is 7.68. The number of nitrogen functional groups attached to an aromatic ring is 1. The first kappa shape index (κ1) is 13.8. The number of rotatable bonds is 3. The molecular weight excluding hydrogens is 270 g/mol. The van der Waals surface area contributed by atoms with Crippen LogP contribution in [-0.2, 0) is 15.5 Å². The molecule has 1 aliphatic rings. The van der Waals surface area contributed by atoms with E-state index in [1.165, 1.54) is 0 Å². The van der Waals surface area contributed by atoms with E-state index in [0.717, 1.165) is 12.8 Å². The van der Waals surface area contributed by atoms with E-state index in [1.807, 2.05) is 0 Å². The lowest BCUT2D eigenvalue weighted by molar-refractivity contribution is -0.00498. The summed E-state index contributed by atoms with van der Waals surface area (Å²) in [5.74, 6) is 0.518. The summed E-state index contributed by atoms with van der Waals surface area (Å²) in [5, 5.41) is 0.452. The van der Waals surface area contributed by atoms with Gasteiger partial charge in [0.15, 0.2) is 0 Å². The van der Waals surface area contributed by atoms with Gasteiger partial charge in [-0.25, -0.2) is 0 Å². The van der Waals surface area contributed by atoms with Gasteiger partial charge >= 0.3 is 0 Å². The summed E-state index contributed by atoms with van der Waals surface area (Å²) in [6.45, 7) is 4.13. The highest BCUT2D eigenvalue weighted by atomic mass is 35.5. The van der Waals surface area contributed by atoms with Crippen molar-refractivity contribution in [2.24, 2.45) is 0 Å². The molecule has 3 nitrogen and oxygen atoms in total. The quantitative estimate of drug-likeness (QED) is 0.870. The third-order valence-corrected chi connectivity index (χ3v) is 4.91. The van der Waals surface area contributed by atoms with Gasteiger partial charge in [0.2, 0.25) is 0 Å². The molecule has 18 heavy (non-hydrogen) atoms. The zero-order chi connectivity index (χ0) is 13.3. The van der Waals surface area contributed by atoms with Gasteiger partial charge in [-0.05, 0) is 44.9 Å². The van der Waals surface area contributed by atoms with E-state index in [4.69, 9.17) is 22.1 Å². The molecule has 0 amide bonds. The second-order valence-corrected chi connectivity index (χ2v) is 7.14. The normalized spacial score (nSPS) is 24.1. The summed E-state index contributed by atoms with van der Waals surface area (Å²) < 4.78 is 18.1. The topological polar surface area (TPSA) is 52.3 Å². The third-order valence-electron chi connectivity index (χ3n) is 3.13. The van der Waals surface area contributed by atoms with Crippen LogP contribution in [-0.4, -0.2) is 21.7 Å². The second kappa shape index (κ2) is 5.19. The van der Waals surface area contributed by atoms with Crippen LogP contribution in [0.2, 0.25) is 5.02 Å². The Morgan fingerprint density at radius 3 is 2.83 bits per heavy atom. The van der Waals surface area contributed by atoms with Crippen LogP contribution in [0.15, 0.2) is 23.1 Å². The zero-order valence-corrected chi connectivity index (χ0v) is 12.2. The van der Waals surface area contributed by atoms with Crippen molar-refractivity contribution in [1.82, 2.24) is 0 Å². The maximum absolute atomic E-state index is 12.2. The molecular formula is C13H18ClNO2S. The van der Waals surface area contributed by atoms with Crippen molar-refractivity contribution >= 4 is 28.1 Å². The minimum atomic E-state index is -1.09. The van der Waals surface area contributed by atoms with Gasteiger partial charge in [-0.1, -0.05) is 11.6 Å².